The Morgan fingerprint density at radius 1 is 1.00 bits per heavy atom. The first-order valence-electron chi connectivity index (χ1n) is 11.6. The number of esters is 2. The van der Waals surface area contributed by atoms with Crippen molar-refractivity contribution in [2.75, 3.05) is 40.4 Å². The smallest absolute Gasteiger partial charge is 0.377 e. The number of rotatable bonds is 19. The Labute approximate surface area is 206 Å². The molecule has 0 radical (unpaired) electrons. The number of hydrogen-bond acceptors (Lipinski definition) is 6. The summed E-state index contributed by atoms with van der Waals surface area (Å²) in [4.78, 5) is 26.3. The summed E-state index contributed by atoms with van der Waals surface area (Å²) >= 11 is 0. The van der Waals surface area contributed by atoms with E-state index in [9.17, 15) is 44.7 Å². The molecule has 0 aromatic carbocycles. The van der Waals surface area contributed by atoms with Crippen LogP contribution in [0.4, 0.5) is 35.1 Å². The molecule has 0 rings (SSSR count). The molecule has 214 valence electrons. The first-order valence-corrected chi connectivity index (χ1v) is 11.6. The van der Waals surface area contributed by atoms with Crippen molar-refractivity contribution in [2.24, 2.45) is 5.92 Å². The van der Waals surface area contributed by atoms with Crippen molar-refractivity contribution in [1.29, 1.82) is 0 Å². The van der Waals surface area contributed by atoms with Crippen LogP contribution in [0.15, 0.2) is 0 Å². The summed E-state index contributed by atoms with van der Waals surface area (Å²) in [7, 11) is 3.42. The summed E-state index contributed by atoms with van der Waals surface area (Å²) < 4.78 is 114. The van der Waals surface area contributed by atoms with Crippen LogP contribution in [0.2, 0.25) is 0 Å². The van der Waals surface area contributed by atoms with Gasteiger partial charge in [0.15, 0.2) is 0 Å². The zero-order valence-electron chi connectivity index (χ0n) is 20.9. The monoisotopic (exact) mass is 544 g/mol. The zero-order valence-corrected chi connectivity index (χ0v) is 20.9. The third-order valence-corrected chi connectivity index (χ3v) is 5.44. The Balaban J connectivity index is 5.11. The second-order valence-corrected chi connectivity index (χ2v) is 8.73. The highest BCUT2D eigenvalue weighted by Crippen LogP contribution is 2.49. The van der Waals surface area contributed by atoms with Crippen LogP contribution in [-0.4, -0.2) is 87.5 Å². The highest BCUT2D eigenvalue weighted by atomic mass is 19.4. The molecule has 36 heavy (non-hydrogen) atoms. The number of carbonyl (C=O) groups excluding carboxylic acids is 2. The van der Waals surface area contributed by atoms with Gasteiger partial charge in [-0.05, 0) is 26.4 Å². The molecule has 2 atom stereocenters. The van der Waals surface area contributed by atoms with Crippen LogP contribution in [0, 0.1) is 5.92 Å². The summed E-state index contributed by atoms with van der Waals surface area (Å²) in [6.45, 7) is 3.10. The number of likely N-dealkylation sites (N-methyl/N-ethyl adjacent to an activating group) is 1. The van der Waals surface area contributed by atoms with Crippen LogP contribution in [-0.2, 0) is 19.1 Å². The minimum absolute atomic E-state index is 0.106. The van der Waals surface area contributed by atoms with Crippen molar-refractivity contribution < 1.29 is 54.2 Å². The number of hydrogen-bond donors (Lipinski definition) is 1. The molecule has 1 N–H and O–H groups in total. The molecule has 0 bridgehead atoms. The Kier molecular flexibility index (Phi) is 14.8. The quantitative estimate of drug-likeness (QED) is 0.187. The van der Waals surface area contributed by atoms with Crippen LogP contribution in [0.1, 0.15) is 52.4 Å². The van der Waals surface area contributed by atoms with E-state index < -0.39 is 61.6 Å². The number of nitrogens with one attached hydrogen (secondary N) is 1. The molecule has 0 amide bonds. The third kappa shape index (κ3) is 10.7. The van der Waals surface area contributed by atoms with Gasteiger partial charge in [0.25, 0.3) is 0 Å². The SMILES string of the molecule is CCCCC(CC)COC(=O)CC(NCCN(C)C)C(=O)OCCC(F)(F)C(F)(F)C(F)(F)C(F)F. The lowest BCUT2D eigenvalue weighted by Crippen LogP contribution is -2.57. The molecule has 0 saturated carbocycles. The van der Waals surface area contributed by atoms with Crippen molar-refractivity contribution in [3.63, 3.8) is 0 Å². The molecule has 0 saturated heterocycles. The molecule has 0 fully saturated rings. The van der Waals surface area contributed by atoms with Gasteiger partial charge in [-0.2, -0.15) is 26.3 Å². The first-order chi connectivity index (χ1) is 16.5. The van der Waals surface area contributed by atoms with Gasteiger partial charge in [0.2, 0.25) is 0 Å². The first kappa shape index (κ1) is 34.3. The maximum atomic E-state index is 13.7. The molecule has 0 aromatic rings. The van der Waals surface area contributed by atoms with E-state index in [0.29, 0.717) is 6.54 Å². The van der Waals surface area contributed by atoms with Gasteiger partial charge in [-0.1, -0.05) is 33.1 Å². The van der Waals surface area contributed by atoms with Gasteiger partial charge in [-0.3, -0.25) is 9.59 Å². The molecule has 0 aromatic heterocycles. The maximum Gasteiger partial charge on any atom is 0.377 e. The van der Waals surface area contributed by atoms with Crippen LogP contribution in [0.25, 0.3) is 0 Å². The molecule has 0 heterocycles. The molecular weight excluding hydrogens is 508 g/mol. The number of carbonyl (C=O) groups is 2. The van der Waals surface area contributed by atoms with Gasteiger partial charge in [-0.25, -0.2) is 8.78 Å². The summed E-state index contributed by atoms with van der Waals surface area (Å²) in [5, 5.41) is 2.66. The van der Waals surface area contributed by atoms with Crippen LogP contribution < -0.4 is 5.32 Å². The minimum atomic E-state index is -6.39. The summed E-state index contributed by atoms with van der Waals surface area (Å²) in [5.41, 5.74) is 0. The Morgan fingerprint density at radius 3 is 2.11 bits per heavy atom. The fourth-order valence-corrected chi connectivity index (χ4v) is 2.95. The van der Waals surface area contributed by atoms with E-state index in [4.69, 9.17) is 4.74 Å². The molecule has 14 heteroatoms. The fraction of sp³-hybridized carbons (Fsp3) is 0.909. The highest BCUT2D eigenvalue weighted by molar-refractivity contribution is 5.82. The molecule has 0 spiro atoms. The van der Waals surface area contributed by atoms with Crippen LogP contribution in [0.5, 0.6) is 0 Å². The van der Waals surface area contributed by atoms with Gasteiger partial charge < -0.3 is 19.7 Å². The predicted molar refractivity (Wildman–Crippen MR) is 116 cm³/mol. The Morgan fingerprint density at radius 2 is 1.61 bits per heavy atom. The summed E-state index contributed by atoms with van der Waals surface area (Å²) in [6.07, 6.45) is -4.26. The average Bonchev–Trinajstić information content (AvgIpc) is 2.77. The second kappa shape index (κ2) is 15.5. The lowest BCUT2D eigenvalue weighted by atomic mass is 10.0. The van der Waals surface area contributed by atoms with Crippen molar-refractivity contribution in [3.05, 3.63) is 0 Å². The molecule has 0 aliphatic carbocycles. The lowest BCUT2D eigenvalue weighted by molar-refractivity contribution is -0.340. The standard InChI is InChI=1S/C22H36F8N2O4/c1-5-7-8-15(6-2)14-36-17(33)13-16(31-10-11-32(3)4)18(34)35-12-9-20(25,26)22(29,30)21(27,28)19(23)24/h15-16,19,31H,5-14H2,1-4H3. The fourth-order valence-electron chi connectivity index (χ4n) is 2.95. The van der Waals surface area contributed by atoms with Gasteiger partial charge in [0.05, 0.1) is 26.1 Å². The molecular formula is C22H36F8N2O4. The zero-order chi connectivity index (χ0) is 28.2. The molecule has 2 unspecified atom stereocenters. The van der Waals surface area contributed by atoms with Crippen LogP contribution in [0.3, 0.4) is 0 Å². The Bertz CT molecular complexity index is 666. The number of nitrogens with zero attached hydrogens (tertiary/aromatic N) is 1. The van der Waals surface area contributed by atoms with Crippen molar-refractivity contribution in [3.8, 4) is 0 Å². The summed E-state index contributed by atoms with van der Waals surface area (Å²) in [6, 6.07) is -1.40. The molecule has 6 nitrogen and oxygen atoms in total. The topological polar surface area (TPSA) is 67.9 Å². The van der Waals surface area contributed by atoms with Gasteiger partial charge in [-0.15, -0.1) is 0 Å². The predicted octanol–water partition coefficient (Wildman–Crippen LogP) is 4.76. The molecule has 0 aliphatic heterocycles. The number of halogens is 8. The minimum Gasteiger partial charge on any atom is -0.465 e. The van der Waals surface area contributed by atoms with Crippen molar-refractivity contribution in [1.82, 2.24) is 10.2 Å². The van der Waals surface area contributed by atoms with E-state index in [2.05, 4.69) is 10.1 Å². The van der Waals surface area contributed by atoms with E-state index in [-0.39, 0.29) is 19.1 Å². The normalized spacial score (nSPS) is 14.7. The van der Waals surface area contributed by atoms with Crippen molar-refractivity contribution >= 4 is 11.9 Å². The van der Waals surface area contributed by atoms with E-state index in [1.807, 2.05) is 13.8 Å². The van der Waals surface area contributed by atoms with Gasteiger partial charge >= 0.3 is 36.1 Å². The highest BCUT2D eigenvalue weighted by Gasteiger charge is 2.74. The van der Waals surface area contributed by atoms with Crippen LogP contribution >= 0.6 is 0 Å². The van der Waals surface area contributed by atoms with E-state index >= 15 is 0 Å². The second-order valence-electron chi connectivity index (χ2n) is 8.73. The van der Waals surface area contributed by atoms with Crippen molar-refractivity contribution in [2.45, 2.75) is 82.6 Å². The van der Waals surface area contributed by atoms with E-state index in [0.717, 1.165) is 25.7 Å². The maximum absolute atomic E-state index is 13.7. The third-order valence-electron chi connectivity index (χ3n) is 5.44. The largest absolute Gasteiger partial charge is 0.465 e. The lowest BCUT2D eigenvalue weighted by Gasteiger charge is -2.32. The summed E-state index contributed by atoms with van der Waals surface area (Å²) in [5.74, 6) is -20.3. The number of ether oxygens (including phenoxy) is 2. The van der Waals surface area contributed by atoms with Gasteiger partial charge in [0.1, 0.15) is 6.04 Å². The van der Waals surface area contributed by atoms with E-state index in [1.165, 1.54) is 0 Å². The average molecular weight is 545 g/mol. The number of unbranched alkanes of at least 4 members (excludes halogenated alkanes) is 1. The molecule has 0 aliphatic rings. The van der Waals surface area contributed by atoms with Gasteiger partial charge in [0, 0.05) is 13.1 Å². The van der Waals surface area contributed by atoms with E-state index in [1.54, 1.807) is 19.0 Å². The number of alkyl halides is 8. The Hall–Kier alpha value is -1.70.